The van der Waals surface area contributed by atoms with Gasteiger partial charge in [-0.05, 0) is 36.5 Å². The van der Waals surface area contributed by atoms with Crippen LogP contribution in [-0.2, 0) is 6.42 Å². The highest BCUT2D eigenvalue weighted by atomic mass is 35.5. The first-order valence-corrected chi connectivity index (χ1v) is 6.84. The van der Waals surface area contributed by atoms with Crippen molar-refractivity contribution in [2.75, 3.05) is 13.2 Å². The van der Waals surface area contributed by atoms with Crippen LogP contribution in [0.3, 0.4) is 0 Å². The lowest BCUT2D eigenvalue weighted by molar-refractivity contribution is 0.0370. The van der Waals surface area contributed by atoms with Gasteiger partial charge in [0.1, 0.15) is 0 Å². The Kier molecular flexibility index (Phi) is 5.93. The maximum absolute atomic E-state index is 9.60. The molecule has 102 valence electrons. The maximum atomic E-state index is 9.60. The van der Waals surface area contributed by atoms with Gasteiger partial charge in [0.05, 0.1) is 13.2 Å². The van der Waals surface area contributed by atoms with Gasteiger partial charge in [-0.25, -0.2) is 0 Å². The minimum absolute atomic E-state index is 0.0549. The van der Waals surface area contributed by atoms with Crippen molar-refractivity contribution in [2.45, 2.75) is 26.7 Å². The van der Waals surface area contributed by atoms with Gasteiger partial charge in [-0.1, -0.05) is 43.1 Å². The van der Waals surface area contributed by atoms with Crippen LogP contribution < -0.4 is 0 Å². The van der Waals surface area contributed by atoms with E-state index in [2.05, 4.69) is 13.8 Å². The van der Waals surface area contributed by atoms with Crippen LogP contribution in [0.4, 0.5) is 0 Å². The van der Waals surface area contributed by atoms with Gasteiger partial charge < -0.3 is 10.2 Å². The molecule has 0 radical (unpaired) electrons. The van der Waals surface area contributed by atoms with E-state index >= 15 is 0 Å². The minimum Gasteiger partial charge on any atom is -0.396 e. The number of rotatable bonds is 6. The lowest BCUT2D eigenvalue weighted by Gasteiger charge is -2.32. The molecule has 4 heteroatoms. The predicted molar refractivity (Wildman–Crippen MR) is 76.2 cm³/mol. The summed E-state index contributed by atoms with van der Waals surface area (Å²) in [7, 11) is 0. The van der Waals surface area contributed by atoms with Crippen LogP contribution in [0.15, 0.2) is 18.2 Å². The first-order valence-electron chi connectivity index (χ1n) is 6.08. The van der Waals surface area contributed by atoms with E-state index in [1.807, 2.05) is 6.07 Å². The van der Waals surface area contributed by atoms with Gasteiger partial charge in [0.25, 0.3) is 0 Å². The molecule has 1 aromatic carbocycles. The second-order valence-electron chi connectivity index (χ2n) is 5.33. The highest BCUT2D eigenvalue weighted by molar-refractivity contribution is 6.35. The average Bonchev–Trinajstić information content (AvgIpc) is 2.31. The lowest BCUT2D eigenvalue weighted by atomic mass is 9.76. The molecule has 0 aromatic heterocycles. The summed E-state index contributed by atoms with van der Waals surface area (Å²) >= 11 is 12.0. The van der Waals surface area contributed by atoms with Crippen molar-refractivity contribution in [3.05, 3.63) is 33.8 Å². The third-order valence-corrected chi connectivity index (χ3v) is 3.68. The molecular weight excluding hydrogens is 271 g/mol. The number of halogens is 2. The van der Waals surface area contributed by atoms with Gasteiger partial charge in [-0.3, -0.25) is 0 Å². The normalized spacial score (nSPS) is 12.2. The quantitative estimate of drug-likeness (QED) is 0.841. The molecule has 0 aliphatic rings. The number of hydrogen-bond donors (Lipinski definition) is 2. The molecule has 18 heavy (non-hydrogen) atoms. The Morgan fingerprint density at radius 2 is 1.78 bits per heavy atom. The zero-order chi connectivity index (χ0) is 13.8. The molecule has 0 fully saturated rings. The second-order valence-corrected chi connectivity index (χ2v) is 6.17. The van der Waals surface area contributed by atoms with Crippen LogP contribution in [0.1, 0.15) is 25.8 Å². The van der Waals surface area contributed by atoms with Gasteiger partial charge in [0.15, 0.2) is 0 Å². The average molecular weight is 291 g/mol. The van der Waals surface area contributed by atoms with Gasteiger partial charge >= 0.3 is 0 Å². The van der Waals surface area contributed by atoms with Crippen molar-refractivity contribution in [2.24, 2.45) is 11.3 Å². The summed E-state index contributed by atoms with van der Waals surface area (Å²) in [5.74, 6) is 0.398. The van der Waals surface area contributed by atoms with Gasteiger partial charge in [-0.2, -0.15) is 0 Å². The standard InChI is InChI=1S/C14H20Cl2O2/c1-10(2)6-14(8-17,9-18)7-11-3-4-12(15)5-13(11)16/h3-5,10,17-18H,6-9H2,1-2H3. The zero-order valence-electron chi connectivity index (χ0n) is 10.8. The summed E-state index contributed by atoms with van der Waals surface area (Å²) in [6, 6.07) is 5.32. The first kappa shape index (κ1) is 15.8. The van der Waals surface area contributed by atoms with E-state index < -0.39 is 5.41 Å². The highest BCUT2D eigenvalue weighted by Gasteiger charge is 2.30. The van der Waals surface area contributed by atoms with Crippen LogP contribution in [0, 0.1) is 11.3 Å². The number of hydrogen-bond acceptors (Lipinski definition) is 2. The summed E-state index contributed by atoms with van der Waals surface area (Å²) in [4.78, 5) is 0. The van der Waals surface area contributed by atoms with Crippen molar-refractivity contribution >= 4 is 23.2 Å². The summed E-state index contributed by atoms with van der Waals surface area (Å²) in [6.07, 6.45) is 1.30. The predicted octanol–water partition coefficient (Wildman–Crippen LogP) is 3.55. The van der Waals surface area contributed by atoms with Crippen LogP contribution in [0.5, 0.6) is 0 Å². The molecule has 1 aromatic rings. The van der Waals surface area contributed by atoms with Crippen LogP contribution in [0.2, 0.25) is 10.0 Å². The Labute approximate surface area is 119 Å². The van der Waals surface area contributed by atoms with E-state index in [1.165, 1.54) is 0 Å². The molecule has 0 amide bonds. The second kappa shape index (κ2) is 6.76. The molecule has 2 N–H and O–H groups in total. The summed E-state index contributed by atoms with van der Waals surface area (Å²) < 4.78 is 0. The van der Waals surface area contributed by atoms with E-state index in [0.717, 1.165) is 12.0 Å². The zero-order valence-corrected chi connectivity index (χ0v) is 12.3. The van der Waals surface area contributed by atoms with Crippen LogP contribution >= 0.6 is 23.2 Å². The van der Waals surface area contributed by atoms with E-state index in [1.54, 1.807) is 12.1 Å². The topological polar surface area (TPSA) is 40.5 Å². The monoisotopic (exact) mass is 290 g/mol. The maximum Gasteiger partial charge on any atom is 0.0512 e. The highest BCUT2D eigenvalue weighted by Crippen LogP contribution is 2.33. The molecular formula is C14H20Cl2O2. The van der Waals surface area contributed by atoms with E-state index in [9.17, 15) is 10.2 Å². The van der Waals surface area contributed by atoms with E-state index in [4.69, 9.17) is 23.2 Å². The largest absolute Gasteiger partial charge is 0.396 e. The molecule has 0 heterocycles. The number of aliphatic hydroxyl groups excluding tert-OH is 2. The Hall–Kier alpha value is -0.280. The molecule has 0 saturated heterocycles. The lowest BCUT2D eigenvalue weighted by Crippen LogP contribution is -2.34. The fourth-order valence-electron chi connectivity index (χ4n) is 2.30. The van der Waals surface area contributed by atoms with E-state index in [-0.39, 0.29) is 13.2 Å². The van der Waals surface area contributed by atoms with Crippen molar-refractivity contribution in [3.63, 3.8) is 0 Å². The third-order valence-electron chi connectivity index (χ3n) is 3.09. The van der Waals surface area contributed by atoms with Crippen LogP contribution in [-0.4, -0.2) is 23.4 Å². The van der Waals surface area contributed by atoms with Crippen molar-refractivity contribution < 1.29 is 10.2 Å². The minimum atomic E-state index is -0.522. The molecule has 0 aliphatic carbocycles. The Morgan fingerprint density at radius 1 is 1.17 bits per heavy atom. The van der Waals surface area contributed by atoms with Gasteiger partial charge in [0.2, 0.25) is 0 Å². The molecule has 1 rings (SSSR count). The number of benzene rings is 1. The first-order chi connectivity index (χ1) is 8.42. The molecule has 0 aliphatic heterocycles. The van der Waals surface area contributed by atoms with Crippen molar-refractivity contribution in [1.82, 2.24) is 0 Å². The fraction of sp³-hybridized carbons (Fsp3) is 0.571. The fourth-order valence-corrected chi connectivity index (χ4v) is 2.77. The molecule has 2 nitrogen and oxygen atoms in total. The third kappa shape index (κ3) is 4.13. The summed E-state index contributed by atoms with van der Waals surface area (Å²) in [5, 5.41) is 20.4. The van der Waals surface area contributed by atoms with Gasteiger partial charge in [-0.15, -0.1) is 0 Å². The van der Waals surface area contributed by atoms with Gasteiger partial charge in [0, 0.05) is 15.5 Å². The molecule has 0 spiro atoms. The Morgan fingerprint density at radius 3 is 2.22 bits per heavy atom. The van der Waals surface area contributed by atoms with E-state index in [0.29, 0.717) is 22.4 Å². The molecule has 0 unspecified atom stereocenters. The molecule has 0 atom stereocenters. The molecule has 0 bridgehead atoms. The van der Waals surface area contributed by atoms with Crippen molar-refractivity contribution in [3.8, 4) is 0 Å². The molecule has 0 saturated carbocycles. The number of aliphatic hydroxyl groups is 2. The Bertz CT molecular complexity index is 387. The Balaban J connectivity index is 2.95. The smallest absolute Gasteiger partial charge is 0.0512 e. The summed E-state index contributed by atoms with van der Waals surface area (Å²) in [5.41, 5.74) is 0.385. The van der Waals surface area contributed by atoms with Crippen molar-refractivity contribution in [1.29, 1.82) is 0 Å². The SMILES string of the molecule is CC(C)CC(CO)(CO)Cc1ccc(Cl)cc1Cl. The summed E-state index contributed by atoms with van der Waals surface area (Å²) in [6.45, 7) is 4.04. The van der Waals surface area contributed by atoms with Crippen LogP contribution in [0.25, 0.3) is 0 Å².